The summed E-state index contributed by atoms with van der Waals surface area (Å²) < 4.78 is 0. The Balaban J connectivity index is 1.58. The number of carbonyl (C=O) groups is 2. The second-order valence-electron chi connectivity index (χ2n) is 5.38. The lowest BCUT2D eigenvalue weighted by atomic mass is 10.2. The van der Waals surface area contributed by atoms with Crippen LogP contribution < -0.4 is 5.32 Å². The molecule has 1 aliphatic rings. The standard InChI is InChI=1S/C18H22N2O2/c1-15-11-14-20(18(15)22)13-6-5-12-19-17(21)10-9-16-7-3-2-4-8-16/h2-4,7-11H,5-6,12-14H2,1H3,(H,19,21)/b10-9+. The van der Waals surface area contributed by atoms with Crippen molar-refractivity contribution >= 4 is 17.9 Å². The van der Waals surface area contributed by atoms with E-state index in [0.29, 0.717) is 6.54 Å². The highest BCUT2D eigenvalue weighted by atomic mass is 16.2. The topological polar surface area (TPSA) is 49.4 Å². The highest BCUT2D eigenvalue weighted by molar-refractivity contribution is 5.95. The smallest absolute Gasteiger partial charge is 0.249 e. The summed E-state index contributed by atoms with van der Waals surface area (Å²) in [7, 11) is 0. The van der Waals surface area contributed by atoms with Crippen molar-refractivity contribution in [2.24, 2.45) is 0 Å². The predicted octanol–water partition coefficient (Wildman–Crippen LogP) is 2.38. The van der Waals surface area contributed by atoms with Gasteiger partial charge in [-0.1, -0.05) is 36.4 Å². The number of nitrogens with one attached hydrogen (secondary N) is 1. The Hall–Kier alpha value is -2.36. The molecule has 0 saturated heterocycles. The van der Waals surface area contributed by atoms with Gasteiger partial charge in [-0.3, -0.25) is 9.59 Å². The molecule has 4 nitrogen and oxygen atoms in total. The zero-order valence-electron chi connectivity index (χ0n) is 12.9. The molecule has 0 aliphatic carbocycles. The Kier molecular flexibility index (Phi) is 5.95. The lowest BCUT2D eigenvalue weighted by Crippen LogP contribution is -2.28. The molecule has 0 atom stereocenters. The lowest BCUT2D eigenvalue weighted by molar-refractivity contribution is -0.125. The van der Waals surface area contributed by atoms with E-state index >= 15 is 0 Å². The molecule has 2 rings (SSSR count). The van der Waals surface area contributed by atoms with E-state index in [1.165, 1.54) is 0 Å². The van der Waals surface area contributed by atoms with Gasteiger partial charge in [0.2, 0.25) is 11.8 Å². The number of unbranched alkanes of at least 4 members (excludes halogenated alkanes) is 1. The van der Waals surface area contributed by atoms with E-state index in [1.54, 1.807) is 12.2 Å². The number of hydrogen-bond acceptors (Lipinski definition) is 2. The predicted molar refractivity (Wildman–Crippen MR) is 88.1 cm³/mol. The quantitative estimate of drug-likeness (QED) is 0.620. The number of nitrogens with zero attached hydrogens (tertiary/aromatic N) is 1. The van der Waals surface area contributed by atoms with Crippen molar-refractivity contribution < 1.29 is 9.59 Å². The number of hydrogen-bond donors (Lipinski definition) is 1. The van der Waals surface area contributed by atoms with Crippen molar-refractivity contribution in [2.75, 3.05) is 19.6 Å². The SMILES string of the molecule is CC1=CCN(CCCCNC(=O)/C=C/c2ccccc2)C1=O. The third-order valence-electron chi connectivity index (χ3n) is 3.62. The molecule has 116 valence electrons. The normalized spacial score (nSPS) is 14.5. The maximum absolute atomic E-state index is 11.7. The van der Waals surface area contributed by atoms with E-state index in [2.05, 4.69) is 5.32 Å². The number of carbonyl (C=O) groups excluding carboxylic acids is 2. The molecule has 0 saturated carbocycles. The van der Waals surface area contributed by atoms with E-state index in [-0.39, 0.29) is 11.8 Å². The first-order chi connectivity index (χ1) is 10.7. The van der Waals surface area contributed by atoms with Crippen molar-refractivity contribution in [2.45, 2.75) is 19.8 Å². The molecule has 1 aliphatic heterocycles. The minimum absolute atomic E-state index is 0.0846. The Morgan fingerprint density at radius 2 is 2.05 bits per heavy atom. The van der Waals surface area contributed by atoms with Gasteiger partial charge in [-0.25, -0.2) is 0 Å². The van der Waals surface area contributed by atoms with Gasteiger partial charge in [0.1, 0.15) is 0 Å². The zero-order chi connectivity index (χ0) is 15.8. The van der Waals surface area contributed by atoms with Gasteiger partial charge in [0.15, 0.2) is 0 Å². The molecular formula is C18H22N2O2. The van der Waals surface area contributed by atoms with Crippen LogP contribution in [0.5, 0.6) is 0 Å². The molecule has 1 N–H and O–H groups in total. The summed E-state index contributed by atoms with van der Waals surface area (Å²) in [6.45, 7) is 3.95. The molecule has 0 bridgehead atoms. The van der Waals surface area contributed by atoms with Crippen LogP contribution in [-0.2, 0) is 9.59 Å². The number of rotatable bonds is 7. The van der Waals surface area contributed by atoms with Gasteiger partial charge in [0.05, 0.1) is 0 Å². The van der Waals surface area contributed by atoms with Crippen LogP contribution in [0, 0.1) is 0 Å². The number of amides is 2. The van der Waals surface area contributed by atoms with Gasteiger partial charge in [-0.2, -0.15) is 0 Å². The van der Waals surface area contributed by atoms with Gasteiger partial charge in [-0.05, 0) is 31.4 Å². The van der Waals surface area contributed by atoms with Crippen molar-refractivity contribution in [3.63, 3.8) is 0 Å². The van der Waals surface area contributed by atoms with E-state index in [4.69, 9.17) is 0 Å². The molecule has 1 aromatic carbocycles. The third-order valence-corrected chi connectivity index (χ3v) is 3.62. The van der Waals surface area contributed by atoms with Crippen LogP contribution >= 0.6 is 0 Å². The van der Waals surface area contributed by atoms with Crippen LogP contribution in [0.2, 0.25) is 0 Å². The first kappa shape index (κ1) is 16.0. The minimum atomic E-state index is -0.0846. The summed E-state index contributed by atoms with van der Waals surface area (Å²) in [6, 6.07) is 9.72. The fraction of sp³-hybridized carbons (Fsp3) is 0.333. The molecule has 1 aromatic rings. The van der Waals surface area contributed by atoms with E-state index < -0.39 is 0 Å². The Labute approximate surface area is 131 Å². The molecule has 0 spiro atoms. The van der Waals surface area contributed by atoms with Crippen LogP contribution in [0.3, 0.4) is 0 Å². The molecule has 22 heavy (non-hydrogen) atoms. The molecule has 1 heterocycles. The van der Waals surface area contributed by atoms with Gasteiger partial charge < -0.3 is 10.2 Å². The summed E-state index contributed by atoms with van der Waals surface area (Å²) in [5.41, 5.74) is 1.84. The Morgan fingerprint density at radius 1 is 1.27 bits per heavy atom. The average Bonchev–Trinajstić information content (AvgIpc) is 2.85. The van der Waals surface area contributed by atoms with Gasteiger partial charge in [-0.15, -0.1) is 0 Å². The molecule has 4 heteroatoms. The number of benzene rings is 1. The van der Waals surface area contributed by atoms with Crippen LogP contribution in [0.15, 0.2) is 48.1 Å². The largest absolute Gasteiger partial charge is 0.353 e. The molecule has 0 aromatic heterocycles. The molecule has 2 amide bonds. The first-order valence-electron chi connectivity index (χ1n) is 7.64. The second kappa shape index (κ2) is 8.17. The minimum Gasteiger partial charge on any atom is -0.353 e. The third kappa shape index (κ3) is 4.88. The van der Waals surface area contributed by atoms with E-state index in [1.807, 2.05) is 48.2 Å². The summed E-state index contributed by atoms with van der Waals surface area (Å²) >= 11 is 0. The van der Waals surface area contributed by atoms with Crippen molar-refractivity contribution in [1.82, 2.24) is 10.2 Å². The Bertz CT molecular complexity index is 576. The molecule has 0 radical (unpaired) electrons. The first-order valence-corrected chi connectivity index (χ1v) is 7.64. The lowest BCUT2D eigenvalue weighted by Gasteiger charge is -2.15. The van der Waals surface area contributed by atoms with Crippen molar-refractivity contribution in [3.05, 3.63) is 53.6 Å². The monoisotopic (exact) mass is 298 g/mol. The summed E-state index contributed by atoms with van der Waals surface area (Å²) in [5.74, 6) is 0.0495. The molecule has 0 fully saturated rings. The summed E-state index contributed by atoms with van der Waals surface area (Å²) in [5, 5.41) is 2.86. The van der Waals surface area contributed by atoms with Gasteiger partial charge >= 0.3 is 0 Å². The molecule has 0 unspecified atom stereocenters. The fourth-order valence-electron chi connectivity index (χ4n) is 2.29. The van der Waals surface area contributed by atoms with E-state index in [9.17, 15) is 9.59 Å². The summed E-state index contributed by atoms with van der Waals surface area (Å²) in [4.78, 5) is 25.2. The van der Waals surface area contributed by atoms with Gasteiger partial charge in [0, 0.05) is 31.3 Å². The highest BCUT2D eigenvalue weighted by Crippen LogP contribution is 2.10. The fourth-order valence-corrected chi connectivity index (χ4v) is 2.29. The zero-order valence-corrected chi connectivity index (χ0v) is 12.9. The highest BCUT2D eigenvalue weighted by Gasteiger charge is 2.19. The average molecular weight is 298 g/mol. The Morgan fingerprint density at radius 3 is 2.73 bits per heavy atom. The van der Waals surface area contributed by atoms with Gasteiger partial charge in [0.25, 0.3) is 0 Å². The maximum atomic E-state index is 11.7. The second-order valence-corrected chi connectivity index (χ2v) is 5.38. The van der Waals surface area contributed by atoms with Crippen molar-refractivity contribution in [3.8, 4) is 0 Å². The van der Waals surface area contributed by atoms with Crippen LogP contribution in [0.4, 0.5) is 0 Å². The van der Waals surface area contributed by atoms with Crippen LogP contribution in [-0.4, -0.2) is 36.3 Å². The summed E-state index contributed by atoms with van der Waals surface area (Å²) in [6.07, 6.45) is 7.07. The van der Waals surface area contributed by atoms with Crippen LogP contribution in [0.1, 0.15) is 25.3 Å². The van der Waals surface area contributed by atoms with Crippen molar-refractivity contribution in [1.29, 1.82) is 0 Å². The van der Waals surface area contributed by atoms with Crippen LogP contribution in [0.25, 0.3) is 6.08 Å². The van der Waals surface area contributed by atoms with E-state index in [0.717, 1.165) is 37.1 Å². The molecular weight excluding hydrogens is 276 g/mol. The maximum Gasteiger partial charge on any atom is 0.249 e.